The van der Waals surface area contributed by atoms with Crippen LogP contribution in [0.3, 0.4) is 0 Å². The highest BCUT2D eigenvalue weighted by Gasteiger charge is 2.30. The summed E-state index contributed by atoms with van der Waals surface area (Å²) in [5.74, 6) is 1.04. The molecule has 0 bridgehead atoms. The van der Waals surface area contributed by atoms with Crippen molar-refractivity contribution in [3.05, 3.63) is 36.0 Å². The molecule has 9 heteroatoms. The van der Waals surface area contributed by atoms with Gasteiger partial charge in [0, 0.05) is 73.9 Å². The van der Waals surface area contributed by atoms with E-state index >= 15 is 0 Å². The summed E-state index contributed by atoms with van der Waals surface area (Å²) in [6, 6.07) is 9.11. The smallest absolute Gasteiger partial charge is 0.229 e. The fraction of sp³-hybridized carbons (Fsp3) is 0.571. The number of nitrogens with zero attached hydrogens (tertiary/aromatic N) is 5. The van der Waals surface area contributed by atoms with Crippen molar-refractivity contribution in [2.24, 2.45) is 5.92 Å². The van der Waals surface area contributed by atoms with Gasteiger partial charge >= 0.3 is 0 Å². The number of carbonyl (C=O) groups excluding carboxylic acids is 2. The maximum atomic E-state index is 12.2. The Morgan fingerprint density at radius 2 is 1.84 bits per heavy atom. The van der Waals surface area contributed by atoms with E-state index in [4.69, 9.17) is 4.98 Å². The molecule has 5 rings (SSSR count). The van der Waals surface area contributed by atoms with Gasteiger partial charge < -0.3 is 15.5 Å². The van der Waals surface area contributed by atoms with E-state index in [0.717, 1.165) is 75.9 Å². The molecule has 2 aliphatic heterocycles. The van der Waals surface area contributed by atoms with Crippen LogP contribution >= 0.6 is 0 Å². The molecular weight excluding hydrogens is 466 g/mol. The lowest BCUT2D eigenvalue weighted by atomic mass is 9.99. The maximum Gasteiger partial charge on any atom is 0.229 e. The van der Waals surface area contributed by atoms with Gasteiger partial charge in [-0.25, -0.2) is 4.98 Å². The van der Waals surface area contributed by atoms with Gasteiger partial charge in [0.15, 0.2) is 0 Å². The third-order valence-electron chi connectivity index (χ3n) is 8.08. The van der Waals surface area contributed by atoms with Crippen molar-refractivity contribution < 1.29 is 9.59 Å². The van der Waals surface area contributed by atoms with Gasteiger partial charge in [-0.05, 0) is 63.8 Å². The van der Waals surface area contributed by atoms with Crippen LogP contribution in [0.2, 0.25) is 0 Å². The molecule has 0 radical (unpaired) electrons. The van der Waals surface area contributed by atoms with Crippen LogP contribution < -0.4 is 20.4 Å². The first kappa shape index (κ1) is 25.4. The van der Waals surface area contributed by atoms with Crippen molar-refractivity contribution in [1.29, 1.82) is 0 Å². The van der Waals surface area contributed by atoms with Crippen molar-refractivity contribution in [3.63, 3.8) is 0 Å². The van der Waals surface area contributed by atoms with E-state index in [9.17, 15) is 9.59 Å². The lowest BCUT2D eigenvalue weighted by Gasteiger charge is -2.38. The molecular formula is C28H39N7O2. The Kier molecular flexibility index (Phi) is 7.88. The van der Waals surface area contributed by atoms with Gasteiger partial charge in [0.2, 0.25) is 18.3 Å². The molecule has 37 heavy (non-hydrogen) atoms. The Morgan fingerprint density at radius 1 is 1.11 bits per heavy atom. The fourth-order valence-corrected chi connectivity index (χ4v) is 5.80. The molecule has 1 aliphatic carbocycles. The molecule has 2 N–H and O–H groups in total. The average molecular weight is 506 g/mol. The predicted molar refractivity (Wildman–Crippen MR) is 146 cm³/mol. The zero-order valence-corrected chi connectivity index (χ0v) is 22.0. The first-order chi connectivity index (χ1) is 18.0. The maximum absolute atomic E-state index is 12.2. The Bertz CT molecular complexity index is 1080. The minimum absolute atomic E-state index is 0.0670. The van der Waals surface area contributed by atoms with E-state index in [-0.39, 0.29) is 17.9 Å². The summed E-state index contributed by atoms with van der Waals surface area (Å²) in [5, 5.41) is 6.23. The van der Waals surface area contributed by atoms with Crippen LogP contribution in [-0.2, 0) is 16.0 Å². The topological polar surface area (TPSA) is 93.7 Å². The SMILES string of the molecule is CC(C)N1CCN(c2ccc(Nc3ncc(CC4CCNC4=O)c(N(C=O)C4CCCC4)n3)cc2)CC1. The van der Waals surface area contributed by atoms with E-state index in [0.29, 0.717) is 30.8 Å². The third-order valence-corrected chi connectivity index (χ3v) is 8.08. The highest BCUT2D eigenvalue weighted by Crippen LogP contribution is 2.31. The quantitative estimate of drug-likeness (QED) is 0.505. The summed E-state index contributed by atoms with van der Waals surface area (Å²) >= 11 is 0. The Morgan fingerprint density at radius 3 is 2.46 bits per heavy atom. The molecule has 3 aliphatic rings. The lowest BCUT2D eigenvalue weighted by Crippen LogP contribution is -2.48. The summed E-state index contributed by atoms with van der Waals surface area (Å²) < 4.78 is 0. The number of piperazine rings is 1. The molecule has 3 fully saturated rings. The van der Waals surface area contributed by atoms with Crippen molar-refractivity contribution in [2.75, 3.05) is 47.8 Å². The van der Waals surface area contributed by atoms with Gasteiger partial charge in [-0.1, -0.05) is 12.8 Å². The van der Waals surface area contributed by atoms with E-state index < -0.39 is 0 Å². The van der Waals surface area contributed by atoms with Crippen LogP contribution in [0.1, 0.15) is 51.5 Å². The Balaban J connectivity index is 1.32. The number of hydrogen-bond acceptors (Lipinski definition) is 7. The van der Waals surface area contributed by atoms with Gasteiger partial charge in [-0.3, -0.25) is 19.4 Å². The first-order valence-electron chi connectivity index (χ1n) is 13.7. The van der Waals surface area contributed by atoms with E-state index in [1.54, 1.807) is 11.1 Å². The number of aromatic nitrogens is 2. The van der Waals surface area contributed by atoms with Gasteiger partial charge in [-0.2, -0.15) is 4.98 Å². The van der Waals surface area contributed by atoms with E-state index in [1.807, 2.05) is 0 Å². The molecule has 0 spiro atoms. The van der Waals surface area contributed by atoms with Crippen molar-refractivity contribution in [3.8, 4) is 0 Å². The van der Waals surface area contributed by atoms with Crippen molar-refractivity contribution >= 4 is 35.5 Å². The first-order valence-corrected chi connectivity index (χ1v) is 13.7. The zero-order chi connectivity index (χ0) is 25.8. The zero-order valence-electron chi connectivity index (χ0n) is 22.0. The summed E-state index contributed by atoms with van der Waals surface area (Å²) in [7, 11) is 0. The molecule has 2 saturated heterocycles. The molecule has 3 heterocycles. The monoisotopic (exact) mass is 505 g/mol. The van der Waals surface area contributed by atoms with Crippen LogP contribution in [0.4, 0.5) is 23.1 Å². The van der Waals surface area contributed by atoms with Crippen LogP contribution in [0.25, 0.3) is 0 Å². The molecule has 1 aromatic carbocycles. The minimum atomic E-state index is -0.104. The van der Waals surface area contributed by atoms with Gasteiger partial charge in [0.05, 0.1) is 0 Å². The molecule has 198 valence electrons. The Labute approximate surface area is 219 Å². The van der Waals surface area contributed by atoms with Gasteiger partial charge in [0.1, 0.15) is 5.82 Å². The number of hydrogen-bond donors (Lipinski definition) is 2. The molecule has 2 amide bonds. The second-order valence-electron chi connectivity index (χ2n) is 10.8. The number of nitrogens with one attached hydrogen (secondary N) is 2. The molecule has 1 unspecified atom stereocenters. The number of anilines is 4. The summed E-state index contributed by atoms with van der Waals surface area (Å²) in [5.41, 5.74) is 2.97. The number of rotatable bonds is 9. The summed E-state index contributed by atoms with van der Waals surface area (Å²) in [6.45, 7) is 9.42. The van der Waals surface area contributed by atoms with Crippen molar-refractivity contribution in [1.82, 2.24) is 20.2 Å². The van der Waals surface area contributed by atoms with Crippen LogP contribution in [0, 0.1) is 5.92 Å². The van der Waals surface area contributed by atoms with Crippen LogP contribution in [-0.4, -0.2) is 72.0 Å². The molecule has 2 aromatic rings. The largest absolute Gasteiger partial charge is 0.369 e. The Hall–Kier alpha value is -3.20. The summed E-state index contributed by atoms with van der Waals surface area (Å²) in [4.78, 5) is 40.5. The minimum Gasteiger partial charge on any atom is -0.369 e. The van der Waals surface area contributed by atoms with Crippen molar-refractivity contribution in [2.45, 2.75) is 64.5 Å². The third kappa shape index (κ3) is 5.87. The van der Waals surface area contributed by atoms with Gasteiger partial charge in [-0.15, -0.1) is 0 Å². The molecule has 1 saturated carbocycles. The number of benzene rings is 1. The lowest BCUT2D eigenvalue weighted by molar-refractivity contribution is -0.122. The standard InChI is InChI=1S/C28H39N7O2/c1-20(2)33-13-15-34(16-14-33)24-9-7-23(8-10-24)31-28-30-18-22(17-21-11-12-29-27(21)37)26(32-28)35(19-36)25-5-3-4-6-25/h7-10,18-21,25H,3-6,11-17H2,1-2H3,(H,29,37)(H,30,31,32). The van der Waals surface area contributed by atoms with E-state index in [2.05, 4.69) is 63.5 Å². The highest BCUT2D eigenvalue weighted by molar-refractivity contribution is 5.82. The normalized spacial score (nSPS) is 20.9. The van der Waals surface area contributed by atoms with Gasteiger partial charge in [0.25, 0.3) is 0 Å². The molecule has 9 nitrogen and oxygen atoms in total. The second-order valence-corrected chi connectivity index (χ2v) is 10.8. The predicted octanol–water partition coefficient (Wildman–Crippen LogP) is 3.33. The van der Waals surface area contributed by atoms with Crippen LogP contribution in [0.5, 0.6) is 0 Å². The molecule has 1 aromatic heterocycles. The fourth-order valence-electron chi connectivity index (χ4n) is 5.80. The summed E-state index contributed by atoms with van der Waals surface area (Å²) in [6.07, 6.45) is 8.19. The number of amides is 2. The highest BCUT2D eigenvalue weighted by atomic mass is 16.2. The number of carbonyl (C=O) groups is 2. The average Bonchev–Trinajstić information content (AvgIpc) is 3.59. The van der Waals surface area contributed by atoms with Crippen LogP contribution in [0.15, 0.2) is 30.5 Å². The molecule has 1 atom stereocenters. The second kappa shape index (κ2) is 11.5. The van der Waals surface area contributed by atoms with E-state index in [1.165, 1.54) is 5.69 Å².